The SMILES string of the molecule is O=C(Cc1ccc(N2CCCC2=O)cc1)Nn1cnc2ccccc2c1=O. The first-order valence-electron chi connectivity index (χ1n) is 8.77. The van der Waals surface area contributed by atoms with Gasteiger partial charge in [-0.3, -0.25) is 19.8 Å². The molecule has 4 rings (SSSR count). The summed E-state index contributed by atoms with van der Waals surface area (Å²) in [6.45, 7) is 0.733. The summed E-state index contributed by atoms with van der Waals surface area (Å²) in [5.41, 5.74) is 4.47. The number of hydrogen-bond acceptors (Lipinski definition) is 4. The van der Waals surface area contributed by atoms with Gasteiger partial charge >= 0.3 is 0 Å². The largest absolute Gasteiger partial charge is 0.312 e. The molecule has 1 aliphatic rings. The third-order valence-electron chi connectivity index (χ3n) is 4.60. The first-order valence-corrected chi connectivity index (χ1v) is 8.77. The van der Waals surface area contributed by atoms with Crippen molar-refractivity contribution in [3.05, 3.63) is 70.8 Å². The highest BCUT2D eigenvalue weighted by Crippen LogP contribution is 2.21. The van der Waals surface area contributed by atoms with Crippen molar-refractivity contribution in [3.8, 4) is 0 Å². The van der Waals surface area contributed by atoms with E-state index in [-0.39, 0.29) is 23.8 Å². The van der Waals surface area contributed by atoms with Crippen LogP contribution >= 0.6 is 0 Å². The minimum absolute atomic E-state index is 0.119. The summed E-state index contributed by atoms with van der Waals surface area (Å²) in [6, 6.07) is 14.3. The van der Waals surface area contributed by atoms with Crippen LogP contribution in [0.3, 0.4) is 0 Å². The second-order valence-corrected chi connectivity index (χ2v) is 6.46. The van der Waals surface area contributed by atoms with Gasteiger partial charge in [0.25, 0.3) is 5.56 Å². The van der Waals surface area contributed by atoms with Gasteiger partial charge < -0.3 is 4.90 Å². The molecule has 1 fully saturated rings. The molecule has 0 spiro atoms. The number of amides is 2. The van der Waals surface area contributed by atoms with Crippen LogP contribution in [-0.4, -0.2) is 28.0 Å². The number of aromatic nitrogens is 2. The number of rotatable bonds is 4. The van der Waals surface area contributed by atoms with E-state index in [1.165, 1.54) is 6.33 Å². The number of anilines is 1. The Morgan fingerprint density at radius 3 is 2.59 bits per heavy atom. The van der Waals surface area contributed by atoms with E-state index in [0.717, 1.165) is 28.9 Å². The third kappa shape index (κ3) is 3.44. The van der Waals surface area contributed by atoms with Crippen molar-refractivity contribution >= 4 is 28.4 Å². The monoisotopic (exact) mass is 362 g/mol. The van der Waals surface area contributed by atoms with Gasteiger partial charge in [0.15, 0.2) is 0 Å². The minimum Gasteiger partial charge on any atom is -0.312 e. The van der Waals surface area contributed by atoms with Crippen molar-refractivity contribution in [1.82, 2.24) is 9.66 Å². The fraction of sp³-hybridized carbons (Fsp3) is 0.200. The Bertz CT molecular complexity index is 1070. The van der Waals surface area contributed by atoms with Crippen LogP contribution in [0.25, 0.3) is 10.9 Å². The number of carbonyl (C=O) groups is 2. The summed E-state index contributed by atoms with van der Waals surface area (Å²) < 4.78 is 1.10. The lowest BCUT2D eigenvalue weighted by Gasteiger charge is -2.16. The molecule has 0 aliphatic carbocycles. The molecule has 1 aliphatic heterocycles. The number of nitrogens with one attached hydrogen (secondary N) is 1. The first-order chi connectivity index (χ1) is 13.1. The summed E-state index contributed by atoms with van der Waals surface area (Å²) in [5.74, 6) is -0.192. The maximum absolute atomic E-state index is 12.4. The van der Waals surface area contributed by atoms with Crippen molar-refractivity contribution in [2.45, 2.75) is 19.3 Å². The molecule has 2 amide bonds. The van der Waals surface area contributed by atoms with E-state index >= 15 is 0 Å². The van der Waals surface area contributed by atoms with Gasteiger partial charge in [-0.2, -0.15) is 0 Å². The maximum Gasteiger partial charge on any atom is 0.280 e. The Kier molecular flexibility index (Phi) is 4.42. The van der Waals surface area contributed by atoms with Gasteiger partial charge in [-0.1, -0.05) is 24.3 Å². The van der Waals surface area contributed by atoms with E-state index < -0.39 is 0 Å². The van der Waals surface area contributed by atoms with E-state index in [1.54, 1.807) is 29.2 Å². The average Bonchev–Trinajstić information content (AvgIpc) is 3.11. The molecule has 136 valence electrons. The molecule has 1 saturated heterocycles. The zero-order valence-electron chi connectivity index (χ0n) is 14.6. The Hall–Kier alpha value is -3.48. The van der Waals surface area contributed by atoms with Crippen LogP contribution in [0.5, 0.6) is 0 Å². The third-order valence-corrected chi connectivity index (χ3v) is 4.60. The molecular weight excluding hydrogens is 344 g/mol. The number of benzene rings is 2. The number of carbonyl (C=O) groups excluding carboxylic acids is 2. The van der Waals surface area contributed by atoms with Gasteiger partial charge in [-0.05, 0) is 36.2 Å². The number of nitrogens with zero attached hydrogens (tertiary/aromatic N) is 3. The molecule has 3 aromatic rings. The standard InChI is InChI=1S/C20H18N4O3/c25-18(22-24-13-21-17-5-2-1-4-16(17)20(24)27)12-14-7-9-15(10-8-14)23-11-3-6-19(23)26/h1-2,4-5,7-10,13H,3,6,11-12H2,(H,22,25). The fourth-order valence-corrected chi connectivity index (χ4v) is 3.22. The van der Waals surface area contributed by atoms with Crippen LogP contribution in [-0.2, 0) is 16.0 Å². The highest BCUT2D eigenvalue weighted by molar-refractivity contribution is 5.95. The lowest BCUT2D eigenvalue weighted by molar-refractivity contribution is -0.117. The Balaban J connectivity index is 1.46. The van der Waals surface area contributed by atoms with Gasteiger partial charge in [0, 0.05) is 18.7 Å². The van der Waals surface area contributed by atoms with Crippen molar-refractivity contribution < 1.29 is 9.59 Å². The van der Waals surface area contributed by atoms with Crippen LogP contribution in [0.2, 0.25) is 0 Å². The van der Waals surface area contributed by atoms with E-state index in [2.05, 4.69) is 10.4 Å². The quantitative estimate of drug-likeness (QED) is 0.767. The van der Waals surface area contributed by atoms with Gasteiger partial charge in [-0.15, -0.1) is 0 Å². The minimum atomic E-state index is -0.322. The molecule has 0 unspecified atom stereocenters. The lowest BCUT2D eigenvalue weighted by atomic mass is 10.1. The van der Waals surface area contributed by atoms with E-state index in [4.69, 9.17) is 0 Å². The van der Waals surface area contributed by atoms with E-state index in [0.29, 0.717) is 17.3 Å². The summed E-state index contributed by atoms with van der Waals surface area (Å²) >= 11 is 0. The molecule has 2 aromatic carbocycles. The van der Waals surface area contributed by atoms with Gasteiger partial charge in [0.05, 0.1) is 17.3 Å². The predicted molar refractivity (Wildman–Crippen MR) is 102 cm³/mol. The second-order valence-electron chi connectivity index (χ2n) is 6.46. The summed E-state index contributed by atoms with van der Waals surface area (Å²) in [6.07, 6.45) is 2.88. The van der Waals surface area contributed by atoms with Gasteiger partial charge in [0.2, 0.25) is 11.8 Å². The molecule has 0 atom stereocenters. The van der Waals surface area contributed by atoms with Crippen LogP contribution in [0.15, 0.2) is 59.7 Å². The molecule has 1 aromatic heterocycles. The molecule has 7 heteroatoms. The van der Waals surface area contributed by atoms with Crippen LogP contribution in [0.1, 0.15) is 18.4 Å². The smallest absolute Gasteiger partial charge is 0.280 e. The molecule has 1 N–H and O–H groups in total. The van der Waals surface area contributed by atoms with Crippen molar-refractivity contribution in [2.75, 3.05) is 16.9 Å². The van der Waals surface area contributed by atoms with E-state index in [1.807, 2.05) is 24.3 Å². The zero-order valence-corrected chi connectivity index (χ0v) is 14.6. The van der Waals surface area contributed by atoms with Crippen molar-refractivity contribution in [3.63, 3.8) is 0 Å². The van der Waals surface area contributed by atoms with Crippen molar-refractivity contribution in [1.29, 1.82) is 0 Å². The maximum atomic E-state index is 12.4. The van der Waals surface area contributed by atoms with Gasteiger partial charge in [0.1, 0.15) is 6.33 Å². The predicted octanol–water partition coefficient (Wildman–Crippen LogP) is 1.84. The Morgan fingerprint density at radius 1 is 1.07 bits per heavy atom. The summed E-state index contributed by atoms with van der Waals surface area (Å²) in [5, 5.41) is 0.444. The lowest BCUT2D eigenvalue weighted by Crippen LogP contribution is -2.34. The molecule has 2 heterocycles. The Morgan fingerprint density at radius 2 is 1.85 bits per heavy atom. The van der Waals surface area contributed by atoms with Gasteiger partial charge in [-0.25, -0.2) is 9.66 Å². The summed E-state index contributed by atoms with van der Waals surface area (Å²) in [7, 11) is 0. The number of para-hydroxylation sites is 1. The molecule has 0 saturated carbocycles. The van der Waals surface area contributed by atoms with Crippen molar-refractivity contribution in [2.24, 2.45) is 0 Å². The molecule has 7 nitrogen and oxygen atoms in total. The normalized spacial score (nSPS) is 13.9. The summed E-state index contributed by atoms with van der Waals surface area (Å²) in [4.78, 5) is 42.4. The van der Waals surface area contributed by atoms with E-state index in [9.17, 15) is 14.4 Å². The topological polar surface area (TPSA) is 84.3 Å². The molecule has 0 bridgehead atoms. The molecule has 27 heavy (non-hydrogen) atoms. The molecule has 0 radical (unpaired) electrons. The number of hydrogen-bond donors (Lipinski definition) is 1. The number of fused-ring (bicyclic) bond motifs is 1. The second kappa shape index (κ2) is 7.03. The molecular formula is C20H18N4O3. The highest BCUT2D eigenvalue weighted by Gasteiger charge is 2.21. The highest BCUT2D eigenvalue weighted by atomic mass is 16.2. The van der Waals surface area contributed by atoms with Crippen LogP contribution < -0.4 is 15.9 Å². The Labute approximate surface area is 155 Å². The zero-order chi connectivity index (χ0) is 18.8. The van der Waals surface area contributed by atoms with Crippen LogP contribution in [0, 0.1) is 0 Å². The average molecular weight is 362 g/mol. The van der Waals surface area contributed by atoms with Crippen LogP contribution in [0.4, 0.5) is 5.69 Å². The fourth-order valence-electron chi connectivity index (χ4n) is 3.22. The first kappa shape index (κ1) is 17.0.